The number of aromatic nitrogens is 1. The monoisotopic (exact) mass is 480 g/mol. The number of rotatable bonds is 5. The first-order valence-electron chi connectivity index (χ1n) is 11.3. The third-order valence-corrected chi connectivity index (χ3v) is 10.1. The van der Waals surface area contributed by atoms with Gasteiger partial charge in [0.2, 0.25) is 0 Å². The molecule has 33 heavy (non-hydrogen) atoms. The van der Waals surface area contributed by atoms with Crippen molar-refractivity contribution in [3.8, 4) is 5.75 Å². The van der Waals surface area contributed by atoms with Gasteiger partial charge in [-0.15, -0.1) is 11.8 Å². The second-order valence-corrected chi connectivity index (χ2v) is 11.6. The zero-order chi connectivity index (χ0) is 22.7. The van der Waals surface area contributed by atoms with E-state index in [1.165, 1.54) is 42.2 Å². The van der Waals surface area contributed by atoms with Gasteiger partial charge in [0.05, 0.1) is 9.95 Å². The Hall–Kier alpha value is -2.58. The fraction of sp³-hybridized carbons (Fsp3) is 0.400. The Labute approximate surface area is 199 Å². The van der Waals surface area contributed by atoms with Gasteiger partial charge in [-0.3, -0.25) is 14.9 Å². The number of benzene rings is 2. The third kappa shape index (κ3) is 3.60. The lowest BCUT2D eigenvalue weighted by Gasteiger charge is -2.40. The van der Waals surface area contributed by atoms with E-state index in [4.69, 9.17) is 4.74 Å². The summed E-state index contributed by atoms with van der Waals surface area (Å²) in [6.07, 6.45) is 3.65. The molecule has 1 aromatic heterocycles. The molecule has 2 aromatic carbocycles. The van der Waals surface area contributed by atoms with Crippen LogP contribution in [0.2, 0.25) is 0 Å². The third-order valence-electron chi connectivity index (χ3n) is 7.52. The molecule has 0 spiro atoms. The molecule has 2 heterocycles. The average molecular weight is 481 g/mol. The summed E-state index contributed by atoms with van der Waals surface area (Å²) in [5.41, 5.74) is 3.14. The van der Waals surface area contributed by atoms with Crippen molar-refractivity contribution in [1.82, 2.24) is 4.98 Å². The summed E-state index contributed by atoms with van der Waals surface area (Å²) in [5, 5.41) is 13.1. The van der Waals surface area contributed by atoms with Gasteiger partial charge >= 0.3 is 4.87 Å². The van der Waals surface area contributed by atoms with E-state index in [0.29, 0.717) is 35.4 Å². The molecule has 1 aliphatic heterocycles. The van der Waals surface area contributed by atoms with Crippen LogP contribution in [-0.4, -0.2) is 15.2 Å². The van der Waals surface area contributed by atoms with Crippen molar-refractivity contribution in [3.05, 3.63) is 83.8 Å². The molecule has 4 unspecified atom stereocenters. The number of nitro benzene ring substituents is 1. The van der Waals surface area contributed by atoms with Gasteiger partial charge in [0.1, 0.15) is 12.4 Å². The number of fused-ring (bicyclic) bond motifs is 6. The van der Waals surface area contributed by atoms with Crippen LogP contribution in [0.25, 0.3) is 0 Å². The molecule has 2 bridgehead atoms. The number of thioether (sulfide) groups is 1. The van der Waals surface area contributed by atoms with Gasteiger partial charge in [0.25, 0.3) is 5.69 Å². The molecule has 0 saturated heterocycles. The van der Waals surface area contributed by atoms with Crippen molar-refractivity contribution in [1.29, 1.82) is 0 Å². The number of H-pyrrole nitrogens is 1. The summed E-state index contributed by atoms with van der Waals surface area (Å²) in [4.78, 5) is 27.7. The highest BCUT2D eigenvalue weighted by molar-refractivity contribution is 8.00. The van der Waals surface area contributed by atoms with Crippen LogP contribution in [-0.2, 0) is 6.61 Å². The highest BCUT2D eigenvalue weighted by atomic mass is 32.2. The van der Waals surface area contributed by atoms with Gasteiger partial charge in [0.15, 0.2) is 0 Å². The van der Waals surface area contributed by atoms with Crippen molar-refractivity contribution in [2.45, 2.75) is 49.0 Å². The van der Waals surface area contributed by atoms with Crippen LogP contribution in [0.15, 0.2) is 52.3 Å². The van der Waals surface area contributed by atoms with E-state index in [9.17, 15) is 14.9 Å². The molecule has 6 rings (SSSR count). The van der Waals surface area contributed by atoms with Gasteiger partial charge in [-0.1, -0.05) is 41.2 Å². The summed E-state index contributed by atoms with van der Waals surface area (Å²) in [6, 6.07) is 13.1. The van der Waals surface area contributed by atoms with Crippen molar-refractivity contribution < 1.29 is 9.66 Å². The van der Waals surface area contributed by atoms with Gasteiger partial charge in [-0.2, -0.15) is 0 Å². The second kappa shape index (κ2) is 8.02. The van der Waals surface area contributed by atoms with Crippen LogP contribution in [0.4, 0.5) is 5.69 Å². The zero-order valence-corrected chi connectivity index (χ0v) is 19.8. The normalized spacial score (nSPS) is 27.2. The minimum absolute atomic E-state index is 0.0570. The van der Waals surface area contributed by atoms with E-state index in [1.54, 1.807) is 12.1 Å². The second-order valence-electron chi connectivity index (χ2n) is 9.43. The molecule has 2 fully saturated rings. The Morgan fingerprint density at radius 2 is 1.94 bits per heavy atom. The van der Waals surface area contributed by atoms with Gasteiger partial charge in [-0.25, -0.2) is 0 Å². The smallest absolute Gasteiger partial charge is 0.305 e. The van der Waals surface area contributed by atoms with Crippen LogP contribution in [0.5, 0.6) is 5.75 Å². The summed E-state index contributed by atoms with van der Waals surface area (Å²) in [7, 11) is 0. The Bertz CT molecular complexity index is 1280. The Balaban J connectivity index is 1.44. The molecule has 8 heteroatoms. The van der Waals surface area contributed by atoms with Crippen molar-refractivity contribution in [2.24, 2.45) is 17.8 Å². The first-order valence-corrected chi connectivity index (χ1v) is 13.0. The number of thiazole rings is 1. The summed E-state index contributed by atoms with van der Waals surface area (Å²) < 4.78 is 6.29. The summed E-state index contributed by atoms with van der Waals surface area (Å²) >= 11 is 3.07. The number of aromatic amines is 1. The SMILES string of the molecule is Cc1ccc(COc2ccc([N+](=O)[O-])cc2[C@H]2c3sc(=O)[nH]c3SC3C4CCC(C4)C32)cc1. The average Bonchev–Trinajstić information content (AvgIpc) is 3.51. The molecule has 3 aromatic rings. The van der Waals surface area contributed by atoms with Crippen LogP contribution in [0, 0.1) is 34.8 Å². The number of nitrogens with one attached hydrogen (secondary N) is 1. The first-order chi connectivity index (χ1) is 16.0. The van der Waals surface area contributed by atoms with Crippen LogP contribution >= 0.6 is 23.1 Å². The lowest BCUT2D eigenvalue weighted by Crippen LogP contribution is -2.33. The molecule has 2 aliphatic carbocycles. The van der Waals surface area contributed by atoms with E-state index < -0.39 is 0 Å². The van der Waals surface area contributed by atoms with E-state index in [-0.39, 0.29) is 21.4 Å². The van der Waals surface area contributed by atoms with E-state index in [0.717, 1.165) is 21.0 Å². The molecule has 2 saturated carbocycles. The van der Waals surface area contributed by atoms with E-state index in [1.807, 2.05) is 30.8 Å². The van der Waals surface area contributed by atoms with Crippen LogP contribution in [0.1, 0.15) is 46.7 Å². The molecular formula is C25H24N2O4S2. The lowest BCUT2D eigenvalue weighted by molar-refractivity contribution is -0.385. The maximum atomic E-state index is 12.3. The topological polar surface area (TPSA) is 85.2 Å². The molecule has 0 amide bonds. The summed E-state index contributed by atoms with van der Waals surface area (Å²) in [5.74, 6) is 2.23. The van der Waals surface area contributed by atoms with Crippen molar-refractivity contribution in [3.63, 3.8) is 0 Å². The number of ether oxygens (including phenoxy) is 1. The predicted molar refractivity (Wildman–Crippen MR) is 129 cm³/mol. The number of nitrogens with zero attached hydrogens (tertiary/aromatic N) is 1. The van der Waals surface area contributed by atoms with E-state index in [2.05, 4.69) is 17.1 Å². The largest absolute Gasteiger partial charge is 0.489 e. The Morgan fingerprint density at radius 1 is 1.15 bits per heavy atom. The Kier molecular flexibility index (Phi) is 5.10. The first kappa shape index (κ1) is 21.0. The van der Waals surface area contributed by atoms with Crippen LogP contribution in [0.3, 0.4) is 0 Å². The minimum Gasteiger partial charge on any atom is -0.489 e. The number of aryl methyl sites for hydroxylation is 1. The fourth-order valence-corrected chi connectivity index (χ4v) is 8.95. The number of non-ortho nitro benzene ring substituents is 1. The quantitative estimate of drug-likeness (QED) is 0.364. The number of hydrogen-bond donors (Lipinski definition) is 1. The highest BCUT2D eigenvalue weighted by Gasteiger charge is 2.55. The molecule has 6 nitrogen and oxygen atoms in total. The zero-order valence-electron chi connectivity index (χ0n) is 18.2. The highest BCUT2D eigenvalue weighted by Crippen LogP contribution is 2.64. The van der Waals surface area contributed by atoms with Gasteiger partial charge < -0.3 is 9.72 Å². The fourth-order valence-electron chi connectivity index (χ4n) is 6.07. The Morgan fingerprint density at radius 3 is 2.73 bits per heavy atom. The van der Waals surface area contributed by atoms with Crippen molar-refractivity contribution in [2.75, 3.05) is 0 Å². The molecule has 3 aliphatic rings. The van der Waals surface area contributed by atoms with E-state index >= 15 is 0 Å². The lowest BCUT2D eigenvalue weighted by atomic mass is 9.74. The predicted octanol–water partition coefficient (Wildman–Crippen LogP) is 5.88. The maximum absolute atomic E-state index is 12.3. The van der Waals surface area contributed by atoms with Gasteiger partial charge in [-0.05, 0) is 55.6 Å². The number of nitro groups is 1. The maximum Gasteiger partial charge on any atom is 0.305 e. The summed E-state index contributed by atoms with van der Waals surface area (Å²) in [6.45, 7) is 2.44. The molecular weight excluding hydrogens is 456 g/mol. The molecule has 170 valence electrons. The number of hydrogen-bond acceptors (Lipinski definition) is 6. The van der Waals surface area contributed by atoms with Gasteiger partial charge in [0, 0.05) is 33.7 Å². The standard InChI is InChI=1S/C25H24N2O4S2/c1-13-2-4-14(5-3-13)12-31-19-9-8-17(27(29)30)11-18(19)21-20-15-6-7-16(10-15)22(20)32-24-23(21)33-25(28)26-24/h2-5,8-9,11,15-16,20-22H,6-7,10,12H2,1H3,(H,26,28)/t15?,16?,20?,21-,22?/m1/s1. The minimum atomic E-state index is -0.344. The van der Waals surface area contributed by atoms with Crippen LogP contribution < -0.4 is 9.61 Å². The molecule has 0 radical (unpaired) electrons. The molecule has 5 atom stereocenters. The molecule has 1 N–H and O–H groups in total. The van der Waals surface area contributed by atoms with Crippen molar-refractivity contribution >= 4 is 28.8 Å².